The van der Waals surface area contributed by atoms with E-state index in [1.807, 2.05) is 0 Å². The molecule has 0 aliphatic rings. The van der Waals surface area contributed by atoms with Crippen LogP contribution in [-0.4, -0.2) is 18.2 Å². The summed E-state index contributed by atoms with van der Waals surface area (Å²) in [6, 6.07) is 3.45. The smallest absolute Gasteiger partial charge is 0.293 e. The Labute approximate surface area is 126 Å². The fourth-order valence-corrected chi connectivity index (χ4v) is 3.13. The van der Waals surface area contributed by atoms with Gasteiger partial charge in [0.2, 0.25) is 0 Å². The zero-order valence-corrected chi connectivity index (χ0v) is 13.8. The van der Waals surface area contributed by atoms with E-state index in [9.17, 15) is 9.59 Å². The highest BCUT2D eigenvalue weighted by atomic mass is 79.9. The van der Waals surface area contributed by atoms with Crippen molar-refractivity contribution in [2.75, 3.05) is 6.54 Å². The molecule has 0 bridgehead atoms. The van der Waals surface area contributed by atoms with Gasteiger partial charge in [-0.1, -0.05) is 33.1 Å². The van der Waals surface area contributed by atoms with Gasteiger partial charge in [-0.25, -0.2) is 0 Å². The van der Waals surface area contributed by atoms with E-state index in [0.717, 1.165) is 23.0 Å². The second-order valence-corrected chi connectivity index (χ2v) is 7.02. The Bertz CT molecular complexity index is 431. The van der Waals surface area contributed by atoms with Gasteiger partial charge >= 0.3 is 0 Å². The second-order valence-electron chi connectivity index (χ2n) is 4.56. The molecule has 0 radical (unpaired) electrons. The lowest BCUT2D eigenvalue weighted by Gasteiger charge is -2.14. The van der Waals surface area contributed by atoms with Gasteiger partial charge in [-0.05, 0) is 40.4 Å². The zero-order valence-electron chi connectivity index (χ0n) is 11.4. The van der Waals surface area contributed by atoms with E-state index in [1.165, 1.54) is 17.8 Å². The van der Waals surface area contributed by atoms with Crippen molar-refractivity contribution in [3.63, 3.8) is 0 Å². The predicted octanol–water partition coefficient (Wildman–Crippen LogP) is 4.03. The molecular formula is C14H20BrNO2S. The van der Waals surface area contributed by atoms with Crippen LogP contribution in [0, 0.1) is 5.92 Å². The minimum absolute atomic E-state index is 0.443. The zero-order chi connectivity index (χ0) is 14.3. The van der Waals surface area contributed by atoms with Crippen LogP contribution in [0.2, 0.25) is 0 Å². The fourth-order valence-electron chi connectivity index (χ4n) is 1.81. The summed E-state index contributed by atoms with van der Waals surface area (Å²) in [7, 11) is 0. The molecule has 106 valence electrons. The van der Waals surface area contributed by atoms with Gasteiger partial charge in [0.15, 0.2) is 0 Å². The minimum Gasteiger partial charge on any atom is -0.349 e. The Morgan fingerprint density at radius 3 is 2.63 bits per heavy atom. The SMILES string of the molecule is CCCCC(CC)CNC(=O)C(=O)c1ccc(Br)s1. The number of rotatable bonds is 8. The van der Waals surface area contributed by atoms with Crippen molar-refractivity contribution in [3.8, 4) is 0 Å². The number of thiophene rings is 1. The van der Waals surface area contributed by atoms with Crippen LogP contribution in [0.25, 0.3) is 0 Å². The molecule has 0 fully saturated rings. The molecule has 0 aliphatic carbocycles. The first-order valence-corrected chi connectivity index (χ1v) is 8.27. The molecule has 1 amide bonds. The van der Waals surface area contributed by atoms with Gasteiger partial charge in [0.05, 0.1) is 8.66 Å². The number of carbonyl (C=O) groups excluding carboxylic acids is 2. The van der Waals surface area contributed by atoms with Gasteiger partial charge in [-0.3, -0.25) is 9.59 Å². The third-order valence-corrected chi connectivity index (χ3v) is 4.72. The third kappa shape index (κ3) is 5.45. The van der Waals surface area contributed by atoms with Crippen molar-refractivity contribution in [1.82, 2.24) is 5.32 Å². The number of Topliss-reactive ketones (excluding diaryl/α,β-unsaturated/α-hetero) is 1. The van der Waals surface area contributed by atoms with Crippen LogP contribution in [0.15, 0.2) is 15.9 Å². The number of unbranched alkanes of at least 4 members (excludes halogenated alkanes) is 1. The van der Waals surface area contributed by atoms with Crippen molar-refractivity contribution < 1.29 is 9.59 Å². The Balaban J connectivity index is 2.44. The lowest BCUT2D eigenvalue weighted by atomic mass is 9.99. The van der Waals surface area contributed by atoms with Crippen molar-refractivity contribution in [1.29, 1.82) is 0 Å². The molecule has 0 saturated heterocycles. The molecule has 19 heavy (non-hydrogen) atoms. The fraction of sp³-hybridized carbons (Fsp3) is 0.571. The summed E-state index contributed by atoms with van der Waals surface area (Å²) in [5.74, 6) is -0.475. The maximum Gasteiger partial charge on any atom is 0.293 e. The molecule has 1 aromatic heterocycles. The number of hydrogen-bond acceptors (Lipinski definition) is 3. The Hall–Kier alpha value is -0.680. The largest absolute Gasteiger partial charge is 0.349 e. The highest BCUT2D eigenvalue weighted by molar-refractivity contribution is 9.11. The molecule has 1 aromatic rings. The van der Waals surface area contributed by atoms with E-state index in [-0.39, 0.29) is 0 Å². The summed E-state index contributed by atoms with van der Waals surface area (Å²) in [6.45, 7) is 4.86. The molecule has 5 heteroatoms. The molecule has 1 rings (SSSR count). The van der Waals surface area contributed by atoms with Crippen LogP contribution < -0.4 is 5.32 Å². The summed E-state index contributed by atoms with van der Waals surface area (Å²) >= 11 is 4.57. The summed E-state index contributed by atoms with van der Waals surface area (Å²) in [4.78, 5) is 24.1. The Morgan fingerprint density at radius 1 is 1.37 bits per heavy atom. The van der Waals surface area contributed by atoms with Gasteiger partial charge in [-0.15, -0.1) is 11.3 Å². The van der Waals surface area contributed by atoms with Crippen molar-refractivity contribution in [2.45, 2.75) is 39.5 Å². The molecule has 0 spiro atoms. The first-order chi connectivity index (χ1) is 9.08. The number of amides is 1. The van der Waals surface area contributed by atoms with Crippen LogP contribution in [0.1, 0.15) is 49.2 Å². The standard InChI is InChI=1S/C14H20BrNO2S/c1-3-5-6-10(4-2)9-16-14(18)13(17)11-7-8-12(15)19-11/h7-8,10H,3-6,9H2,1-2H3,(H,16,18). The first-order valence-electron chi connectivity index (χ1n) is 6.66. The summed E-state index contributed by atoms with van der Waals surface area (Å²) in [6.07, 6.45) is 4.46. The van der Waals surface area contributed by atoms with Crippen molar-refractivity contribution in [3.05, 3.63) is 20.8 Å². The molecular weight excluding hydrogens is 326 g/mol. The summed E-state index contributed by atoms with van der Waals surface area (Å²) in [5.41, 5.74) is 0. The highest BCUT2D eigenvalue weighted by Gasteiger charge is 2.18. The molecule has 0 aromatic carbocycles. The van der Waals surface area contributed by atoms with E-state index in [1.54, 1.807) is 12.1 Å². The molecule has 1 atom stereocenters. The second kappa shape index (κ2) is 8.48. The molecule has 0 saturated carbocycles. The summed E-state index contributed by atoms with van der Waals surface area (Å²) in [5, 5.41) is 2.75. The molecule has 1 N–H and O–H groups in total. The molecule has 0 aliphatic heterocycles. The van der Waals surface area contributed by atoms with Gasteiger partial charge in [0, 0.05) is 6.54 Å². The van der Waals surface area contributed by atoms with Gasteiger partial charge < -0.3 is 5.32 Å². The number of carbonyl (C=O) groups is 2. The van der Waals surface area contributed by atoms with Gasteiger partial charge in [0.1, 0.15) is 0 Å². The van der Waals surface area contributed by atoms with E-state index < -0.39 is 11.7 Å². The number of ketones is 1. The Morgan fingerprint density at radius 2 is 2.11 bits per heavy atom. The van der Waals surface area contributed by atoms with E-state index in [0.29, 0.717) is 17.3 Å². The minimum atomic E-state index is -0.496. The van der Waals surface area contributed by atoms with Crippen LogP contribution >= 0.6 is 27.3 Å². The summed E-state index contributed by atoms with van der Waals surface area (Å²) < 4.78 is 0.859. The molecule has 1 unspecified atom stereocenters. The average Bonchev–Trinajstić information content (AvgIpc) is 2.84. The third-order valence-electron chi connectivity index (χ3n) is 3.10. The van der Waals surface area contributed by atoms with Crippen LogP contribution in [0.3, 0.4) is 0 Å². The topological polar surface area (TPSA) is 46.2 Å². The Kier molecular flexibility index (Phi) is 7.31. The van der Waals surface area contributed by atoms with E-state index in [4.69, 9.17) is 0 Å². The predicted molar refractivity (Wildman–Crippen MR) is 82.7 cm³/mol. The van der Waals surface area contributed by atoms with Crippen molar-refractivity contribution in [2.24, 2.45) is 5.92 Å². The molecule has 3 nitrogen and oxygen atoms in total. The van der Waals surface area contributed by atoms with Crippen LogP contribution in [0.4, 0.5) is 0 Å². The number of halogens is 1. The van der Waals surface area contributed by atoms with Crippen LogP contribution in [0.5, 0.6) is 0 Å². The highest BCUT2D eigenvalue weighted by Crippen LogP contribution is 2.22. The normalized spacial score (nSPS) is 12.2. The average molecular weight is 346 g/mol. The van der Waals surface area contributed by atoms with Crippen molar-refractivity contribution >= 4 is 39.0 Å². The van der Waals surface area contributed by atoms with Gasteiger partial charge in [0.25, 0.3) is 11.7 Å². The van der Waals surface area contributed by atoms with E-state index in [2.05, 4.69) is 35.1 Å². The lowest BCUT2D eigenvalue weighted by molar-refractivity contribution is -0.117. The van der Waals surface area contributed by atoms with Crippen LogP contribution in [-0.2, 0) is 4.79 Å². The maximum atomic E-state index is 11.9. The van der Waals surface area contributed by atoms with E-state index >= 15 is 0 Å². The number of nitrogens with one attached hydrogen (secondary N) is 1. The lowest BCUT2D eigenvalue weighted by Crippen LogP contribution is -2.34. The monoisotopic (exact) mass is 345 g/mol. The maximum absolute atomic E-state index is 11.9. The number of hydrogen-bond donors (Lipinski definition) is 1. The van der Waals surface area contributed by atoms with Gasteiger partial charge in [-0.2, -0.15) is 0 Å². The molecule has 1 heterocycles. The quantitative estimate of drug-likeness (QED) is 0.571. The first kappa shape index (κ1) is 16.4.